The molecule has 1 aromatic rings. The van der Waals surface area contributed by atoms with Crippen LogP contribution in [0.25, 0.3) is 0 Å². The molecule has 0 heterocycles. The zero-order valence-electron chi connectivity index (χ0n) is 10.4. The van der Waals surface area contributed by atoms with Gasteiger partial charge in [0.2, 0.25) is 0 Å². The zero-order chi connectivity index (χ0) is 12.5. The molecule has 1 N–H and O–H groups in total. The molecule has 0 aliphatic carbocycles. The van der Waals surface area contributed by atoms with Crippen molar-refractivity contribution in [3.8, 4) is 5.75 Å². The van der Waals surface area contributed by atoms with Gasteiger partial charge in [-0.2, -0.15) is 0 Å². The van der Waals surface area contributed by atoms with Crippen LogP contribution in [0.5, 0.6) is 5.75 Å². The van der Waals surface area contributed by atoms with Gasteiger partial charge in [-0.05, 0) is 19.5 Å². The molecular weight excluding hydrogens is 218 g/mol. The number of carbonyl (C=O) groups is 1. The summed E-state index contributed by atoms with van der Waals surface area (Å²) in [5, 5.41) is 3.22. The summed E-state index contributed by atoms with van der Waals surface area (Å²) in [6.07, 6.45) is 0. The standard InChI is InChI=1S/C13H19NO3/c1-3-14-9-11-7-5-6-8-12(11)17-10-13(15)16-4-2/h5-8,14H,3-4,9-10H2,1-2H3. The van der Waals surface area contributed by atoms with E-state index in [0.29, 0.717) is 6.61 Å². The number of hydrogen-bond donors (Lipinski definition) is 1. The highest BCUT2D eigenvalue weighted by Crippen LogP contribution is 2.17. The normalized spacial score (nSPS) is 10.0. The van der Waals surface area contributed by atoms with E-state index in [9.17, 15) is 4.79 Å². The predicted octanol–water partition coefficient (Wildman–Crippen LogP) is 1.74. The Morgan fingerprint density at radius 2 is 2.06 bits per heavy atom. The Kier molecular flexibility index (Phi) is 6.10. The van der Waals surface area contributed by atoms with Gasteiger partial charge in [0, 0.05) is 12.1 Å². The molecule has 0 radical (unpaired) electrons. The van der Waals surface area contributed by atoms with Crippen LogP contribution in [0.15, 0.2) is 24.3 Å². The van der Waals surface area contributed by atoms with Gasteiger partial charge in [-0.25, -0.2) is 4.79 Å². The third kappa shape index (κ3) is 4.87. The topological polar surface area (TPSA) is 47.6 Å². The van der Waals surface area contributed by atoms with Crippen molar-refractivity contribution in [1.82, 2.24) is 5.32 Å². The fourth-order valence-corrected chi connectivity index (χ4v) is 1.39. The van der Waals surface area contributed by atoms with E-state index in [4.69, 9.17) is 9.47 Å². The molecule has 0 aliphatic rings. The summed E-state index contributed by atoms with van der Waals surface area (Å²) in [6.45, 7) is 5.78. The average molecular weight is 237 g/mol. The van der Waals surface area contributed by atoms with Crippen molar-refractivity contribution in [1.29, 1.82) is 0 Å². The van der Waals surface area contributed by atoms with Gasteiger partial charge in [-0.15, -0.1) is 0 Å². The first-order valence-electron chi connectivity index (χ1n) is 5.85. The van der Waals surface area contributed by atoms with Gasteiger partial charge in [0.15, 0.2) is 6.61 Å². The van der Waals surface area contributed by atoms with Crippen LogP contribution in [-0.2, 0) is 16.1 Å². The van der Waals surface area contributed by atoms with Crippen LogP contribution in [0, 0.1) is 0 Å². The van der Waals surface area contributed by atoms with Crippen molar-refractivity contribution in [3.05, 3.63) is 29.8 Å². The van der Waals surface area contributed by atoms with Gasteiger partial charge in [-0.1, -0.05) is 25.1 Å². The van der Waals surface area contributed by atoms with E-state index in [-0.39, 0.29) is 12.6 Å². The Morgan fingerprint density at radius 1 is 1.29 bits per heavy atom. The van der Waals surface area contributed by atoms with Crippen molar-refractivity contribution in [2.75, 3.05) is 19.8 Å². The van der Waals surface area contributed by atoms with Crippen LogP contribution >= 0.6 is 0 Å². The first kappa shape index (κ1) is 13.5. The van der Waals surface area contributed by atoms with Gasteiger partial charge in [0.1, 0.15) is 5.75 Å². The lowest BCUT2D eigenvalue weighted by Gasteiger charge is -2.11. The fourth-order valence-electron chi connectivity index (χ4n) is 1.39. The van der Waals surface area contributed by atoms with Crippen LogP contribution in [0.2, 0.25) is 0 Å². The summed E-state index contributed by atoms with van der Waals surface area (Å²) >= 11 is 0. The van der Waals surface area contributed by atoms with Crippen LogP contribution in [0.4, 0.5) is 0 Å². The fraction of sp³-hybridized carbons (Fsp3) is 0.462. The number of esters is 1. The Balaban J connectivity index is 2.54. The van der Waals surface area contributed by atoms with Gasteiger partial charge >= 0.3 is 5.97 Å². The summed E-state index contributed by atoms with van der Waals surface area (Å²) in [7, 11) is 0. The number of carbonyl (C=O) groups excluding carboxylic acids is 1. The SMILES string of the molecule is CCNCc1ccccc1OCC(=O)OCC. The highest BCUT2D eigenvalue weighted by atomic mass is 16.6. The van der Waals surface area contributed by atoms with Gasteiger partial charge in [0.25, 0.3) is 0 Å². The van der Waals surface area contributed by atoms with E-state index >= 15 is 0 Å². The van der Waals surface area contributed by atoms with E-state index in [0.717, 1.165) is 24.4 Å². The van der Waals surface area contributed by atoms with Gasteiger partial charge in [-0.3, -0.25) is 0 Å². The Morgan fingerprint density at radius 3 is 2.76 bits per heavy atom. The molecule has 0 bridgehead atoms. The number of benzene rings is 1. The molecule has 1 aromatic carbocycles. The number of nitrogens with one attached hydrogen (secondary N) is 1. The molecule has 0 atom stereocenters. The van der Waals surface area contributed by atoms with Crippen LogP contribution in [0.3, 0.4) is 0 Å². The van der Waals surface area contributed by atoms with E-state index in [2.05, 4.69) is 5.32 Å². The lowest BCUT2D eigenvalue weighted by molar-refractivity contribution is -0.145. The van der Waals surface area contributed by atoms with Crippen molar-refractivity contribution in [2.24, 2.45) is 0 Å². The van der Waals surface area contributed by atoms with Crippen molar-refractivity contribution >= 4 is 5.97 Å². The van der Waals surface area contributed by atoms with E-state index < -0.39 is 0 Å². The summed E-state index contributed by atoms with van der Waals surface area (Å²) in [4.78, 5) is 11.2. The molecular formula is C13H19NO3. The number of hydrogen-bond acceptors (Lipinski definition) is 4. The number of para-hydroxylation sites is 1. The Bertz CT molecular complexity index is 352. The summed E-state index contributed by atoms with van der Waals surface area (Å²) in [6, 6.07) is 7.66. The summed E-state index contributed by atoms with van der Waals surface area (Å²) in [5.41, 5.74) is 1.04. The lowest BCUT2D eigenvalue weighted by Crippen LogP contribution is -2.17. The molecule has 0 amide bonds. The average Bonchev–Trinajstić information content (AvgIpc) is 2.35. The molecule has 4 heteroatoms. The molecule has 0 fully saturated rings. The predicted molar refractivity (Wildman–Crippen MR) is 66.0 cm³/mol. The van der Waals surface area contributed by atoms with Gasteiger partial charge < -0.3 is 14.8 Å². The van der Waals surface area contributed by atoms with E-state index in [1.54, 1.807) is 6.92 Å². The largest absolute Gasteiger partial charge is 0.482 e. The molecule has 4 nitrogen and oxygen atoms in total. The third-order valence-electron chi connectivity index (χ3n) is 2.19. The number of ether oxygens (including phenoxy) is 2. The first-order chi connectivity index (χ1) is 8.27. The van der Waals surface area contributed by atoms with Crippen molar-refractivity contribution in [2.45, 2.75) is 20.4 Å². The maximum atomic E-state index is 11.2. The van der Waals surface area contributed by atoms with Crippen LogP contribution in [-0.4, -0.2) is 25.7 Å². The Labute approximate surface area is 102 Å². The molecule has 0 saturated heterocycles. The third-order valence-corrected chi connectivity index (χ3v) is 2.19. The zero-order valence-corrected chi connectivity index (χ0v) is 10.4. The van der Waals surface area contributed by atoms with Crippen molar-refractivity contribution in [3.63, 3.8) is 0 Å². The number of rotatable bonds is 7. The molecule has 0 spiro atoms. The minimum atomic E-state index is -0.342. The lowest BCUT2D eigenvalue weighted by atomic mass is 10.2. The Hall–Kier alpha value is -1.55. The second kappa shape index (κ2) is 7.68. The highest BCUT2D eigenvalue weighted by Gasteiger charge is 2.06. The summed E-state index contributed by atoms with van der Waals surface area (Å²) in [5.74, 6) is 0.382. The first-order valence-corrected chi connectivity index (χ1v) is 5.85. The second-order valence-corrected chi connectivity index (χ2v) is 3.48. The monoisotopic (exact) mass is 237 g/mol. The molecule has 0 saturated carbocycles. The second-order valence-electron chi connectivity index (χ2n) is 3.48. The maximum Gasteiger partial charge on any atom is 0.344 e. The molecule has 0 aromatic heterocycles. The maximum absolute atomic E-state index is 11.2. The smallest absolute Gasteiger partial charge is 0.344 e. The summed E-state index contributed by atoms with van der Waals surface area (Å²) < 4.78 is 10.2. The van der Waals surface area contributed by atoms with Gasteiger partial charge in [0.05, 0.1) is 6.61 Å². The van der Waals surface area contributed by atoms with E-state index in [1.165, 1.54) is 0 Å². The minimum absolute atomic E-state index is 0.0447. The van der Waals surface area contributed by atoms with Crippen LogP contribution < -0.4 is 10.1 Å². The minimum Gasteiger partial charge on any atom is -0.482 e. The van der Waals surface area contributed by atoms with Crippen LogP contribution in [0.1, 0.15) is 19.4 Å². The van der Waals surface area contributed by atoms with Crippen molar-refractivity contribution < 1.29 is 14.3 Å². The molecule has 94 valence electrons. The highest BCUT2D eigenvalue weighted by molar-refractivity contribution is 5.71. The quantitative estimate of drug-likeness (QED) is 0.734. The molecule has 1 rings (SSSR count). The molecule has 0 aliphatic heterocycles. The van der Waals surface area contributed by atoms with E-state index in [1.807, 2.05) is 31.2 Å². The molecule has 0 unspecified atom stereocenters. The molecule has 17 heavy (non-hydrogen) atoms.